The lowest BCUT2D eigenvalue weighted by Gasteiger charge is -2.32. The quantitative estimate of drug-likeness (QED) is 0.554. The second-order valence-corrected chi connectivity index (χ2v) is 9.08. The van der Waals surface area contributed by atoms with Gasteiger partial charge in [-0.2, -0.15) is 0 Å². The van der Waals surface area contributed by atoms with Crippen molar-refractivity contribution in [2.24, 2.45) is 4.99 Å². The van der Waals surface area contributed by atoms with Gasteiger partial charge in [0.05, 0.1) is 19.4 Å². The van der Waals surface area contributed by atoms with Crippen molar-refractivity contribution >= 4 is 39.0 Å². The van der Waals surface area contributed by atoms with Crippen molar-refractivity contribution in [3.05, 3.63) is 53.6 Å². The number of aliphatic imine (C=N–C) groups is 1. The molecule has 2 aromatic carbocycles. The van der Waals surface area contributed by atoms with Crippen LogP contribution in [0.1, 0.15) is 12.8 Å². The molecule has 0 aliphatic carbocycles. The topological polar surface area (TPSA) is 83.0 Å². The van der Waals surface area contributed by atoms with Gasteiger partial charge in [0.1, 0.15) is 5.75 Å². The number of anilines is 2. The molecule has 156 valence electrons. The molecule has 9 heteroatoms. The highest BCUT2D eigenvalue weighted by Gasteiger charge is 2.20. The molecule has 0 bridgehead atoms. The van der Waals surface area contributed by atoms with E-state index < -0.39 is 10.0 Å². The van der Waals surface area contributed by atoms with Crippen LogP contribution in [0.3, 0.4) is 0 Å². The van der Waals surface area contributed by atoms with E-state index in [1.165, 1.54) is 0 Å². The third kappa shape index (κ3) is 6.54. The van der Waals surface area contributed by atoms with E-state index in [1.807, 2.05) is 24.3 Å². The van der Waals surface area contributed by atoms with Gasteiger partial charge in [-0.1, -0.05) is 11.6 Å². The summed E-state index contributed by atoms with van der Waals surface area (Å²) in [6, 6.07) is 15.0. The summed E-state index contributed by atoms with van der Waals surface area (Å²) < 4.78 is 31.2. The summed E-state index contributed by atoms with van der Waals surface area (Å²) in [5.74, 6) is 1.05. The number of guanidine groups is 1. The number of hydrogen-bond acceptors (Lipinski definition) is 5. The van der Waals surface area contributed by atoms with Crippen LogP contribution < -0.4 is 19.7 Å². The monoisotopic (exact) mass is 436 g/mol. The van der Waals surface area contributed by atoms with Crippen molar-refractivity contribution in [3.63, 3.8) is 0 Å². The van der Waals surface area contributed by atoms with E-state index in [1.54, 1.807) is 31.4 Å². The summed E-state index contributed by atoms with van der Waals surface area (Å²) in [4.78, 5) is 6.92. The third-order valence-corrected chi connectivity index (χ3v) is 5.42. The molecular weight excluding hydrogens is 412 g/mol. The molecule has 3 rings (SSSR count). The molecule has 29 heavy (non-hydrogen) atoms. The lowest BCUT2D eigenvalue weighted by atomic mass is 10.0. The molecule has 1 fully saturated rings. The molecular formula is C20H25ClN4O3S. The number of halogens is 1. The van der Waals surface area contributed by atoms with Gasteiger partial charge < -0.3 is 15.0 Å². The van der Waals surface area contributed by atoms with Gasteiger partial charge in [0.2, 0.25) is 16.0 Å². The number of rotatable bonds is 5. The fourth-order valence-electron chi connectivity index (χ4n) is 3.16. The first-order valence-electron chi connectivity index (χ1n) is 9.29. The maximum atomic E-state index is 11.7. The highest BCUT2D eigenvalue weighted by molar-refractivity contribution is 7.89. The predicted molar refractivity (Wildman–Crippen MR) is 119 cm³/mol. The highest BCUT2D eigenvalue weighted by Crippen LogP contribution is 2.24. The van der Waals surface area contributed by atoms with Crippen LogP contribution in [0.5, 0.6) is 5.75 Å². The number of ether oxygens (including phenoxy) is 1. The zero-order valence-electron chi connectivity index (χ0n) is 16.4. The van der Waals surface area contributed by atoms with Crippen LogP contribution in [0.25, 0.3) is 0 Å². The van der Waals surface area contributed by atoms with Gasteiger partial charge in [-0.05, 0) is 61.4 Å². The van der Waals surface area contributed by atoms with E-state index in [2.05, 4.69) is 19.9 Å². The first-order chi connectivity index (χ1) is 13.8. The molecule has 1 aliphatic rings. The Balaban J connectivity index is 1.67. The zero-order chi connectivity index (χ0) is 20.9. The Morgan fingerprint density at radius 3 is 2.28 bits per heavy atom. The van der Waals surface area contributed by atoms with Gasteiger partial charge in [0.15, 0.2) is 0 Å². The normalized spacial score (nSPS) is 15.8. The van der Waals surface area contributed by atoms with Gasteiger partial charge in [0.25, 0.3) is 0 Å². The van der Waals surface area contributed by atoms with Crippen LogP contribution in [0.4, 0.5) is 11.4 Å². The van der Waals surface area contributed by atoms with E-state index in [-0.39, 0.29) is 12.0 Å². The zero-order valence-corrected chi connectivity index (χ0v) is 18.0. The fraction of sp³-hybridized carbons (Fsp3) is 0.350. The maximum Gasteiger partial charge on any atom is 0.232 e. The molecule has 2 aromatic rings. The Bertz CT molecular complexity index is 939. The summed E-state index contributed by atoms with van der Waals surface area (Å²) in [6.45, 7) is 1.68. The molecule has 0 atom stereocenters. The van der Waals surface area contributed by atoms with Crippen molar-refractivity contribution in [1.29, 1.82) is 0 Å². The summed E-state index contributed by atoms with van der Waals surface area (Å²) in [5.41, 5.74) is 1.85. The summed E-state index contributed by atoms with van der Waals surface area (Å²) in [7, 11) is -1.80. The van der Waals surface area contributed by atoms with E-state index in [4.69, 9.17) is 16.3 Å². The molecule has 0 saturated carbocycles. The van der Waals surface area contributed by atoms with Crippen LogP contribution in [-0.4, -0.2) is 46.9 Å². The van der Waals surface area contributed by atoms with Crippen LogP contribution in [-0.2, 0) is 10.0 Å². The Labute approximate surface area is 176 Å². The number of sulfonamides is 1. The minimum atomic E-state index is -3.45. The minimum absolute atomic E-state index is 0.0218. The summed E-state index contributed by atoms with van der Waals surface area (Å²) >= 11 is 5.91. The summed E-state index contributed by atoms with van der Waals surface area (Å²) in [6.07, 6.45) is 2.75. The lowest BCUT2D eigenvalue weighted by molar-refractivity contribution is 0.414. The second-order valence-electron chi connectivity index (χ2n) is 6.90. The second kappa shape index (κ2) is 9.37. The van der Waals surface area contributed by atoms with E-state index in [0.29, 0.717) is 10.7 Å². The standard InChI is InChI=1S/C20H25ClN4O3S/c1-28-19-9-7-18(8-10-19)25-13-11-17(12-14-25)23-20(24-29(2,26)27)22-16-5-3-15(21)4-6-16/h3-10,17H,11-14H2,1-2H3,(H2,22,23,24). The molecule has 0 spiro atoms. The molecule has 1 heterocycles. The van der Waals surface area contributed by atoms with Gasteiger partial charge in [0, 0.05) is 29.5 Å². The van der Waals surface area contributed by atoms with E-state index in [0.717, 1.165) is 43.6 Å². The number of hydrogen-bond donors (Lipinski definition) is 2. The number of benzene rings is 2. The number of nitrogens with zero attached hydrogens (tertiary/aromatic N) is 2. The van der Waals surface area contributed by atoms with Crippen molar-refractivity contribution < 1.29 is 13.2 Å². The number of piperidine rings is 1. The van der Waals surface area contributed by atoms with Crippen molar-refractivity contribution in [1.82, 2.24) is 4.72 Å². The molecule has 0 radical (unpaired) electrons. The van der Waals surface area contributed by atoms with E-state index in [9.17, 15) is 8.42 Å². The molecule has 1 aliphatic heterocycles. The molecule has 1 saturated heterocycles. The highest BCUT2D eigenvalue weighted by atomic mass is 35.5. The molecule has 0 amide bonds. The fourth-order valence-corrected chi connectivity index (χ4v) is 3.74. The molecule has 0 unspecified atom stereocenters. The van der Waals surface area contributed by atoms with Crippen molar-refractivity contribution in [2.75, 3.05) is 36.7 Å². The predicted octanol–water partition coefficient (Wildman–Crippen LogP) is 3.33. The van der Waals surface area contributed by atoms with Crippen LogP contribution in [0.15, 0.2) is 53.5 Å². The van der Waals surface area contributed by atoms with Gasteiger partial charge in [-0.15, -0.1) is 0 Å². The summed E-state index contributed by atoms with van der Waals surface area (Å²) in [5, 5.41) is 3.65. The average Bonchev–Trinajstić information content (AvgIpc) is 2.69. The lowest BCUT2D eigenvalue weighted by Crippen LogP contribution is -2.39. The van der Waals surface area contributed by atoms with Gasteiger partial charge in [-0.25, -0.2) is 13.4 Å². The van der Waals surface area contributed by atoms with Crippen LogP contribution in [0.2, 0.25) is 5.02 Å². The molecule has 2 N–H and O–H groups in total. The van der Waals surface area contributed by atoms with Gasteiger partial charge in [-0.3, -0.25) is 4.72 Å². The number of methoxy groups -OCH3 is 1. The average molecular weight is 437 g/mol. The Morgan fingerprint density at radius 1 is 1.10 bits per heavy atom. The van der Waals surface area contributed by atoms with Crippen molar-refractivity contribution in [2.45, 2.75) is 18.9 Å². The third-order valence-electron chi connectivity index (χ3n) is 4.60. The Hall–Kier alpha value is -2.45. The van der Waals surface area contributed by atoms with E-state index >= 15 is 0 Å². The first kappa shape index (κ1) is 21.3. The van der Waals surface area contributed by atoms with Crippen LogP contribution in [0, 0.1) is 0 Å². The Kier molecular flexibility index (Phi) is 6.87. The minimum Gasteiger partial charge on any atom is -0.497 e. The van der Waals surface area contributed by atoms with Crippen molar-refractivity contribution in [3.8, 4) is 5.75 Å². The maximum absolute atomic E-state index is 11.7. The smallest absolute Gasteiger partial charge is 0.232 e. The van der Waals surface area contributed by atoms with Crippen LogP contribution >= 0.6 is 11.6 Å². The van der Waals surface area contributed by atoms with Gasteiger partial charge >= 0.3 is 0 Å². The Morgan fingerprint density at radius 2 is 1.72 bits per heavy atom. The SMILES string of the molecule is COc1ccc(N2CCC(N=C(Nc3ccc(Cl)cc3)NS(C)(=O)=O)CC2)cc1. The molecule has 0 aromatic heterocycles. The first-order valence-corrected chi connectivity index (χ1v) is 11.6. The number of nitrogens with one attached hydrogen (secondary N) is 2. The largest absolute Gasteiger partial charge is 0.497 e. The molecule has 7 nitrogen and oxygen atoms in total.